The van der Waals surface area contributed by atoms with Crippen LogP contribution in [0.2, 0.25) is 5.02 Å². The quantitative estimate of drug-likeness (QED) is 0.351. The molecule has 104 valence electrons. The fourth-order valence-electron chi connectivity index (χ4n) is 1.71. The summed E-state index contributed by atoms with van der Waals surface area (Å²) in [4.78, 5) is 0. The van der Waals surface area contributed by atoms with E-state index in [0.29, 0.717) is 17.8 Å². The van der Waals surface area contributed by atoms with Gasteiger partial charge in [0.05, 0.1) is 5.02 Å². The standard InChI is InChI=1S/C14H13ClFN3O/c15-12-5-4-11(7-13(12)16)18-8-9-2-1-3-10(6-9)14(17)19-20/h1-7,18,20H,8H2,(H2,17,19). The summed E-state index contributed by atoms with van der Waals surface area (Å²) in [5.74, 6) is -0.425. The highest BCUT2D eigenvalue weighted by atomic mass is 35.5. The van der Waals surface area contributed by atoms with Gasteiger partial charge in [0.2, 0.25) is 0 Å². The van der Waals surface area contributed by atoms with Crippen LogP contribution in [0.3, 0.4) is 0 Å². The lowest BCUT2D eigenvalue weighted by molar-refractivity contribution is 0.318. The van der Waals surface area contributed by atoms with Crippen LogP contribution in [0.25, 0.3) is 0 Å². The van der Waals surface area contributed by atoms with Crippen LogP contribution >= 0.6 is 11.6 Å². The Bertz CT molecular complexity index is 646. The Kier molecular flexibility index (Phi) is 4.42. The molecule has 0 saturated heterocycles. The van der Waals surface area contributed by atoms with Crippen LogP contribution in [0, 0.1) is 5.82 Å². The third-order valence-electron chi connectivity index (χ3n) is 2.75. The van der Waals surface area contributed by atoms with Crippen molar-refractivity contribution in [1.29, 1.82) is 0 Å². The number of anilines is 1. The molecule has 20 heavy (non-hydrogen) atoms. The molecule has 4 nitrogen and oxygen atoms in total. The molecule has 2 rings (SSSR count). The summed E-state index contributed by atoms with van der Waals surface area (Å²) in [6, 6.07) is 11.7. The molecule has 6 heteroatoms. The van der Waals surface area contributed by atoms with Crippen molar-refractivity contribution in [2.75, 3.05) is 5.32 Å². The van der Waals surface area contributed by atoms with Gasteiger partial charge in [-0.3, -0.25) is 0 Å². The molecule has 4 N–H and O–H groups in total. The third kappa shape index (κ3) is 3.39. The molecular weight excluding hydrogens is 281 g/mol. The van der Waals surface area contributed by atoms with E-state index in [1.807, 2.05) is 6.07 Å². The molecule has 0 amide bonds. The largest absolute Gasteiger partial charge is 0.409 e. The van der Waals surface area contributed by atoms with Crippen LogP contribution in [-0.4, -0.2) is 11.0 Å². The van der Waals surface area contributed by atoms with Crippen molar-refractivity contribution in [3.05, 3.63) is 64.4 Å². The predicted molar refractivity (Wildman–Crippen MR) is 77.7 cm³/mol. The van der Waals surface area contributed by atoms with Crippen molar-refractivity contribution in [3.8, 4) is 0 Å². The maximum absolute atomic E-state index is 13.3. The van der Waals surface area contributed by atoms with E-state index in [9.17, 15) is 4.39 Å². The normalized spacial score (nSPS) is 11.4. The summed E-state index contributed by atoms with van der Waals surface area (Å²) in [6.07, 6.45) is 0. The molecule has 0 heterocycles. The summed E-state index contributed by atoms with van der Waals surface area (Å²) in [5.41, 5.74) is 7.69. The van der Waals surface area contributed by atoms with Crippen molar-refractivity contribution < 1.29 is 9.60 Å². The minimum absolute atomic E-state index is 0.0457. The summed E-state index contributed by atoms with van der Waals surface area (Å²) >= 11 is 5.62. The van der Waals surface area contributed by atoms with Crippen molar-refractivity contribution in [2.24, 2.45) is 10.9 Å². The topological polar surface area (TPSA) is 70.6 Å². The summed E-state index contributed by atoms with van der Waals surface area (Å²) in [7, 11) is 0. The van der Waals surface area contributed by atoms with Crippen LogP contribution in [0.4, 0.5) is 10.1 Å². The lowest BCUT2D eigenvalue weighted by atomic mass is 10.1. The first-order valence-electron chi connectivity index (χ1n) is 5.86. The molecular formula is C14H13ClFN3O. The second-order valence-corrected chi connectivity index (χ2v) is 4.58. The molecule has 0 radical (unpaired) electrons. The number of nitrogens with one attached hydrogen (secondary N) is 1. The first kappa shape index (κ1) is 14.1. The van der Waals surface area contributed by atoms with E-state index in [1.165, 1.54) is 12.1 Å². The van der Waals surface area contributed by atoms with Gasteiger partial charge in [-0.05, 0) is 29.8 Å². The molecule has 0 fully saturated rings. The van der Waals surface area contributed by atoms with Crippen molar-refractivity contribution in [1.82, 2.24) is 0 Å². The second-order valence-electron chi connectivity index (χ2n) is 4.17. The highest BCUT2D eigenvalue weighted by Crippen LogP contribution is 2.19. The fraction of sp³-hybridized carbons (Fsp3) is 0.0714. The lowest BCUT2D eigenvalue weighted by Crippen LogP contribution is -2.13. The molecule has 0 bridgehead atoms. The maximum Gasteiger partial charge on any atom is 0.170 e. The zero-order chi connectivity index (χ0) is 14.5. The Hall–Kier alpha value is -2.27. The molecule has 0 unspecified atom stereocenters. The Labute approximate surface area is 120 Å². The number of amidine groups is 1. The van der Waals surface area contributed by atoms with Crippen LogP contribution in [0.15, 0.2) is 47.6 Å². The van der Waals surface area contributed by atoms with Gasteiger partial charge in [0.25, 0.3) is 0 Å². The van der Waals surface area contributed by atoms with Gasteiger partial charge < -0.3 is 16.3 Å². The average Bonchev–Trinajstić information content (AvgIpc) is 2.48. The number of nitrogens with zero attached hydrogens (tertiary/aromatic N) is 1. The zero-order valence-corrected chi connectivity index (χ0v) is 11.2. The number of rotatable bonds is 4. The smallest absolute Gasteiger partial charge is 0.170 e. The molecule has 0 atom stereocenters. The maximum atomic E-state index is 13.3. The lowest BCUT2D eigenvalue weighted by Gasteiger charge is -2.08. The van der Waals surface area contributed by atoms with E-state index in [1.54, 1.807) is 24.3 Å². The number of halogens is 2. The SMILES string of the molecule is NC(=NO)c1cccc(CNc2ccc(Cl)c(F)c2)c1. The van der Waals surface area contributed by atoms with Gasteiger partial charge in [0.15, 0.2) is 5.84 Å². The first-order chi connectivity index (χ1) is 9.60. The highest BCUT2D eigenvalue weighted by molar-refractivity contribution is 6.30. The molecule has 0 aliphatic carbocycles. The van der Waals surface area contributed by atoms with Crippen LogP contribution < -0.4 is 11.1 Å². The number of hydrogen-bond donors (Lipinski definition) is 3. The van der Waals surface area contributed by atoms with E-state index in [-0.39, 0.29) is 10.9 Å². The third-order valence-corrected chi connectivity index (χ3v) is 3.05. The molecule has 2 aromatic rings. The average molecular weight is 294 g/mol. The first-order valence-corrected chi connectivity index (χ1v) is 6.23. The van der Waals surface area contributed by atoms with E-state index in [2.05, 4.69) is 10.5 Å². The van der Waals surface area contributed by atoms with Gasteiger partial charge in [-0.2, -0.15) is 0 Å². The minimum Gasteiger partial charge on any atom is -0.409 e. The van der Waals surface area contributed by atoms with Gasteiger partial charge >= 0.3 is 0 Å². The zero-order valence-electron chi connectivity index (χ0n) is 10.5. The van der Waals surface area contributed by atoms with E-state index >= 15 is 0 Å². The highest BCUT2D eigenvalue weighted by Gasteiger charge is 2.03. The predicted octanol–water partition coefficient (Wildman–Crippen LogP) is 3.19. The summed E-state index contributed by atoms with van der Waals surface area (Å²) < 4.78 is 13.3. The van der Waals surface area contributed by atoms with E-state index < -0.39 is 5.82 Å². The molecule has 0 saturated carbocycles. The van der Waals surface area contributed by atoms with Gasteiger partial charge in [-0.25, -0.2) is 4.39 Å². The number of benzene rings is 2. The van der Waals surface area contributed by atoms with Crippen LogP contribution in [-0.2, 0) is 6.54 Å². The molecule has 0 aromatic heterocycles. The van der Waals surface area contributed by atoms with Gasteiger partial charge in [0, 0.05) is 17.8 Å². The Morgan fingerprint density at radius 3 is 2.80 bits per heavy atom. The monoisotopic (exact) mass is 293 g/mol. The summed E-state index contributed by atoms with van der Waals surface area (Å²) in [6.45, 7) is 0.480. The van der Waals surface area contributed by atoms with Gasteiger partial charge in [-0.15, -0.1) is 0 Å². The Morgan fingerprint density at radius 2 is 2.10 bits per heavy atom. The van der Waals surface area contributed by atoms with Crippen molar-refractivity contribution in [3.63, 3.8) is 0 Å². The number of oxime groups is 1. The van der Waals surface area contributed by atoms with Crippen LogP contribution in [0.1, 0.15) is 11.1 Å². The molecule has 0 aliphatic rings. The Balaban J connectivity index is 2.09. The fourth-order valence-corrected chi connectivity index (χ4v) is 1.83. The van der Waals surface area contributed by atoms with Crippen LogP contribution in [0.5, 0.6) is 0 Å². The Morgan fingerprint density at radius 1 is 1.30 bits per heavy atom. The molecule has 0 spiro atoms. The van der Waals surface area contributed by atoms with E-state index in [4.69, 9.17) is 22.5 Å². The molecule has 2 aromatic carbocycles. The van der Waals surface area contributed by atoms with Gasteiger partial charge in [-0.1, -0.05) is 35.0 Å². The molecule has 0 aliphatic heterocycles. The van der Waals surface area contributed by atoms with Crippen molar-refractivity contribution in [2.45, 2.75) is 6.54 Å². The van der Waals surface area contributed by atoms with E-state index in [0.717, 1.165) is 5.56 Å². The number of hydrogen-bond acceptors (Lipinski definition) is 3. The second kappa shape index (κ2) is 6.25. The number of nitrogens with two attached hydrogens (primary N) is 1. The van der Waals surface area contributed by atoms with Gasteiger partial charge in [0.1, 0.15) is 5.82 Å². The van der Waals surface area contributed by atoms with Crippen molar-refractivity contribution >= 4 is 23.1 Å². The summed E-state index contributed by atoms with van der Waals surface area (Å²) in [5, 5.41) is 14.7. The minimum atomic E-state index is -0.470.